The molecule has 0 saturated carbocycles. The number of rotatable bonds is 3. The Hall–Kier alpha value is -0.490. The first kappa shape index (κ1) is 12.5. The summed E-state index contributed by atoms with van der Waals surface area (Å²) in [4.78, 5) is 6.93. The number of nitrogens with zero attached hydrogens (tertiary/aromatic N) is 2. The van der Waals surface area contributed by atoms with E-state index in [1.54, 1.807) is 0 Å². The summed E-state index contributed by atoms with van der Waals surface area (Å²) in [7, 11) is 0. The van der Waals surface area contributed by atoms with Gasteiger partial charge < -0.3 is 10.5 Å². The van der Waals surface area contributed by atoms with Gasteiger partial charge in [0, 0.05) is 42.1 Å². The molecule has 1 unspecified atom stereocenters. The topological polar surface area (TPSA) is 51.4 Å². The van der Waals surface area contributed by atoms with E-state index in [1.807, 2.05) is 12.3 Å². The molecule has 3 heterocycles. The molecule has 5 heteroatoms. The largest absolute Gasteiger partial charge is 0.381 e. The van der Waals surface area contributed by atoms with E-state index in [2.05, 4.69) is 31.9 Å². The van der Waals surface area contributed by atoms with Gasteiger partial charge in [0.05, 0.1) is 24.9 Å². The molecule has 0 bridgehead atoms. The summed E-state index contributed by atoms with van der Waals surface area (Å²) in [6, 6.07) is 4.25. The molecule has 2 fully saturated rings. The highest BCUT2D eigenvalue weighted by Gasteiger charge is 2.39. The molecule has 1 aromatic heterocycles. The molecule has 4 nitrogen and oxygen atoms in total. The third kappa shape index (κ3) is 2.32. The second kappa shape index (κ2) is 5.25. The highest BCUT2D eigenvalue weighted by atomic mass is 79.9. The molecule has 2 aliphatic rings. The van der Waals surface area contributed by atoms with Gasteiger partial charge in [-0.25, -0.2) is 0 Å². The van der Waals surface area contributed by atoms with Crippen LogP contribution in [-0.4, -0.2) is 42.7 Å². The number of aromatic nitrogens is 1. The number of pyridine rings is 1. The number of ether oxygens (including phenoxy) is 1. The summed E-state index contributed by atoms with van der Waals surface area (Å²) in [5.74, 6) is 1.37. The molecule has 2 aliphatic heterocycles. The molecule has 98 valence electrons. The molecule has 0 aromatic carbocycles. The quantitative estimate of drug-likeness (QED) is 0.917. The summed E-state index contributed by atoms with van der Waals surface area (Å²) >= 11 is 3.50. The zero-order valence-electron chi connectivity index (χ0n) is 10.3. The molecule has 18 heavy (non-hydrogen) atoms. The molecule has 3 rings (SSSR count). The summed E-state index contributed by atoms with van der Waals surface area (Å²) in [6.45, 7) is 4.60. The van der Waals surface area contributed by atoms with Crippen LogP contribution in [0.5, 0.6) is 0 Å². The number of likely N-dealkylation sites (tertiary alicyclic amines) is 1. The summed E-state index contributed by atoms with van der Waals surface area (Å²) in [5.41, 5.74) is 7.02. The number of halogens is 1. The standard InChI is InChI=1S/C13H18BrN3O/c14-11-1-2-16-12(3-11)13(4-15)17-5-9-7-18-8-10(9)6-17/h1-3,9-10,13H,4-8,15H2/t9-,10+,13?. The van der Waals surface area contributed by atoms with Crippen LogP contribution >= 0.6 is 15.9 Å². The van der Waals surface area contributed by atoms with E-state index in [9.17, 15) is 0 Å². The fraction of sp³-hybridized carbons (Fsp3) is 0.615. The highest BCUT2D eigenvalue weighted by Crippen LogP contribution is 2.34. The third-order valence-corrected chi connectivity index (χ3v) is 4.51. The molecular weight excluding hydrogens is 294 g/mol. The van der Waals surface area contributed by atoms with Crippen LogP contribution in [-0.2, 0) is 4.74 Å². The van der Waals surface area contributed by atoms with Crippen molar-refractivity contribution in [3.63, 3.8) is 0 Å². The van der Waals surface area contributed by atoms with Crippen molar-refractivity contribution in [3.05, 3.63) is 28.5 Å². The van der Waals surface area contributed by atoms with Gasteiger partial charge >= 0.3 is 0 Å². The Morgan fingerprint density at radius 3 is 2.78 bits per heavy atom. The maximum absolute atomic E-state index is 5.96. The van der Waals surface area contributed by atoms with Gasteiger partial charge in [-0.3, -0.25) is 9.88 Å². The maximum atomic E-state index is 5.96. The van der Waals surface area contributed by atoms with Gasteiger partial charge in [0.25, 0.3) is 0 Å². The lowest BCUT2D eigenvalue weighted by atomic mass is 10.0. The lowest BCUT2D eigenvalue weighted by Crippen LogP contribution is -2.33. The van der Waals surface area contributed by atoms with Crippen LogP contribution in [0.25, 0.3) is 0 Å². The predicted molar refractivity (Wildman–Crippen MR) is 73.1 cm³/mol. The Morgan fingerprint density at radius 2 is 2.17 bits per heavy atom. The molecule has 2 saturated heterocycles. The average Bonchev–Trinajstić information content (AvgIpc) is 2.91. The first-order valence-electron chi connectivity index (χ1n) is 6.41. The summed E-state index contributed by atoms with van der Waals surface area (Å²) < 4.78 is 6.58. The van der Waals surface area contributed by atoms with Crippen LogP contribution in [0.15, 0.2) is 22.8 Å². The number of fused-ring (bicyclic) bond motifs is 1. The summed E-state index contributed by atoms with van der Waals surface area (Å²) in [5, 5.41) is 0. The monoisotopic (exact) mass is 311 g/mol. The van der Waals surface area contributed by atoms with Gasteiger partial charge in [0.2, 0.25) is 0 Å². The predicted octanol–water partition coefficient (Wildman–Crippen LogP) is 1.42. The van der Waals surface area contributed by atoms with Crippen LogP contribution in [0.4, 0.5) is 0 Å². The van der Waals surface area contributed by atoms with Gasteiger partial charge in [0.1, 0.15) is 0 Å². The van der Waals surface area contributed by atoms with E-state index < -0.39 is 0 Å². The Balaban J connectivity index is 1.77. The van der Waals surface area contributed by atoms with Crippen molar-refractivity contribution in [2.45, 2.75) is 6.04 Å². The van der Waals surface area contributed by atoms with E-state index in [0.717, 1.165) is 36.5 Å². The lowest BCUT2D eigenvalue weighted by Gasteiger charge is -2.27. The van der Waals surface area contributed by atoms with Gasteiger partial charge in [-0.1, -0.05) is 15.9 Å². The Morgan fingerprint density at radius 1 is 1.44 bits per heavy atom. The van der Waals surface area contributed by atoms with Crippen molar-refractivity contribution >= 4 is 15.9 Å². The normalized spacial score (nSPS) is 29.4. The van der Waals surface area contributed by atoms with Crippen molar-refractivity contribution in [2.24, 2.45) is 17.6 Å². The highest BCUT2D eigenvalue weighted by molar-refractivity contribution is 9.10. The average molecular weight is 312 g/mol. The smallest absolute Gasteiger partial charge is 0.0645 e. The van der Waals surface area contributed by atoms with Crippen LogP contribution < -0.4 is 5.73 Å². The van der Waals surface area contributed by atoms with Gasteiger partial charge in [-0.05, 0) is 12.1 Å². The summed E-state index contributed by atoms with van der Waals surface area (Å²) in [6.07, 6.45) is 1.84. The molecule has 3 atom stereocenters. The van der Waals surface area contributed by atoms with Gasteiger partial charge in [-0.15, -0.1) is 0 Å². The number of hydrogen-bond donors (Lipinski definition) is 1. The van der Waals surface area contributed by atoms with Gasteiger partial charge in [0.15, 0.2) is 0 Å². The van der Waals surface area contributed by atoms with Crippen molar-refractivity contribution < 1.29 is 4.74 Å². The van der Waals surface area contributed by atoms with E-state index >= 15 is 0 Å². The molecule has 0 aliphatic carbocycles. The van der Waals surface area contributed by atoms with Crippen molar-refractivity contribution in [1.29, 1.82) is 0 Å². The fourth-order valence-corrected chi connectivity index (χ4v) is 3.39. The number of nitrogens with two attached hydrogens (primary N) is 1. The molecule has 2 N–H and O–H groups in total. The molecule has 1 aromatic rings. The van der Waals surface area contributed by atoms with Crippen LogP contribution in [0.1, 0.15) is 11.7 Å². The van der Waals surface area contributed by atoms with E-state index in [1.165, 1.54) is 0 Å². The first-order valence-corrected chi connectivity index (χ1v) is 7.20. The second-order valence-electron chi connectivity index (χ2n) is 5.16. The Bertz CT molecular complexity index is 416. The Kier molecular flexibility index (Phi) is 3.66. The minimum atomic E-state index is 0.230. The second-order valence-corrected chi connectivity index (χ2v) is 6.08. The molecular formula is C13H18BrN3O. The van der Waals surface area contributed by atoms with Crippen LogP contribution in [0.3, 0.4) is 0 Å². The number of hydrogen-bond acceptors (Lipinski definition) is 4. The maximum Gasteiger partial charge on any atom is 0.0645 e. The first-order chi connectivity index (χ1) is 8.78. The zero-order valence-corrected chi connectivity index (χ0v) is 11.8. The minimum absolute atomic E-state index is 0.230. The van der Waals surface area contributed by atoms with Crippen molar-refractivity contribution in [1.82, 2.24) is 9.88 Å². The van der Waals surface area contributed by atoms with Crippen molar-refractivity contribution in [3.8, 4) is 0 Å². The van der Waals surface area contributed by atoms with E-state index in [-0.39, 0.29) is 6.04 Å². The molecule has 0 amide bonds. The molecule has 0 spiro atoms. The SMILES string of the molecule is NCC(c1cc(Br)ccn1)N1C[C@H]2COC[C@H]2C1. The lowest BCUT2D eigenvalue weighted by molar-refractivity contribution is 0.139. The zero-order chi connectivity index (χ0) is 12.5. The third-order valence-electron chi connectivity index (χ3n) is 4.02. The van der Waals surface area contributed by atoms with Crippen molar-refractivity contribution in [2.75, 3.05) is 32.8 Å². The van der Waals surface area contributed by atoms with Gasteiger partial charge in [-0.2, -0.15) is 0 Å². The molecule has 0 radical (unpaired) electrons. The van der Waals surface area contributed by atoms with E-state index in [0.29, 0.717) is 18.4 Å². The van der Waals surface area contributed by atoms with Crippen LogP contribution in [0.2, 0.25) is 0 Å². The van der Waals surface area contributed by atoms with Crippen LogP contribution in [0, 0.1) is 11.8 Å². The van der Waals surface area contributed by atoms with E-state index in [4.69, 9.17) is 10.5 Å². The Labute approximate surface area is 116 Å². The minimum Gasteiger partial charge on any atom is -0.381 e. The fourth-order valence-electron chi connectivity index (χ4n) is 3.04.